The quantitative estimate of drug-likeness (QED) is 0.781. The minimum Gasteiger partial charge on any atom is -0.347 e. The molecule has 1 atom stereocenters. The van der Waals surface area contributed by atoms with E-state index in [2.05, 4.69) is 10.4 Å². The number of carbonyl (C=O) groups is 1. The van der Waals surface area contributed by atoms with E-state index in [1.165, 1.54) is 6.07 Å². The Bertz CT molecular complexity index is 821. The first-order valence-corrected chi connectivity index (χ1v) is 8.50. The van der Waals surface area contributed by atoms with Crippen molar-refractivity contribution in [1.29, 1.82) is 0 Å². The van der Waals surface area contributed by atoms with Crippen molar-refractivity contribution in [3.63, 3.8) is 0 Å². The van der Waals surface area contributed by atoms with E-state index in [4.69, 9.17) is 12.2 Å². The van der Waals surface area contributed by atoms with E-state index in [0.717, 1.165) is 4.90 Å². The number of nitrogens with zero attached hydrogens (tertiary/aromatic N) is 3. The summed E-state index contributed by atoms with van der Waals surface area (Å²) in [5.41, 5.74) is 0.134. The molecule has 0 aliphatic carbocycles. The maximum absolute atomic E-state index is 14.0. The summed E-state index contributed by atoms with van der Waals surface area (Å²) < 4.78 is 17.8. The number of aromatic nitrogens is 3. The highest BCUT2D eigenvalue weighted by Crippen LogP contribution is 2.20. The number of benzene rings is 1. The van der Waals surface area contributed by atoms with Gasteiger partial charge in [0.25, 0.3) is 5.91 Å². The fraction of sp³-hybridized carbons (Fsp3) is 0.471. The van der Waals surface area contributed by atoms with Gasteiger partial charge in [0.15, 0.2) is 19.0 Å². The van der Waals surface area contributed by atoms with Crippen LogP contribution in [0.3, 0.4) is 0 Å². The first-order valence-electron chi connectivity index (χ1n) is 8.09. The van der Waals surface area contributed by atoms with Gasteiger partial charge in [0, 0.05) is 12.6 Å². The van der Waals surface area contributed by atoms with E-state index in [1.54, 1.807) is 34.5 Å². The highest BCUT2D eigenvalue weighted by atomic mass is 32.1. The number of likely N-dealkylation sites (N-methyl/N-ethyl adjacent to an activating group) is 1. The van der Waals surface area contributed by atoms with Crippen molar-refractivity contribution < 1.29 is 14.1 Å². The van der Waals surface area contributed by atoms with Gasteiger partial charge in [0.2, 0.25) is 4.77 Å². The maximum atomic E-state index is 14.0. The number of amides is 1. The molecular weight excluding hydrogens is 341 g/mol. The summed E-state index contributed by atoms with van der Waals surface area (Å²) in [6, 6.07) is 6.46. The molecular formula is C17H25FN5OS+. The molecule has 0 bridgehead atoms. The van der Waals surface area contributed by atoms with Crippen LogP contribution in [0.4, 0.5) is 4.39 Å². The third-order valence-corrected chi connectivity index (χ3v) is 4.04. The Morgan fingerprint density at radius 3 is 2.60 bits per heavy atom. The van der Waals surface area contributed by atoms with Crippen LogP contribution in [-0.2, 0) is 18.5 Å². The first-order chi connectivity index (χ1) is 11.6. The standard InChI is InChI=1S/C17H24FN5OS/c1-17(2,3)19-14(24)10-21(4)11-23-16(25)22(5)15(20-23)12-8-6-7-9-13(12)18/h6-9H,10-11H2,1-5H3,(H,19,24)/p+1. The van der Waals surface area contributed by atoms with Gasteiger partial charge >= 0.3 is 0 Å². The lowest BCUT2D eigenvalue weighted by Gasteiger charge is -2.21. The molecule has 0 aliphatic rings. The minimum atomic E-state index is -0.344. The van der Waals surface area contributed by atoms with Gasteiger partial charge in [-0.1, -0.05) is 12.1 Å². The van der Waals surface area contributed by atoms with Crippen LogP contribution in [0.5, 0.6) is 0 Å². The second kappa shape index (κ2) is 7.45. The normalized spacial score (nSPS) is 12.9. The van der Waals surface area contributed by atoms with Gasteiger partial charge in [-0.3, -0.25) is 4.79 Å². The molecule has 0 fully saturated rings. The molecule has 0 saturated heterocycles. The van der Waals surface area contributed by atoms with Gasteiger partial charge in [-0.2, -0.15) is 4.68 Å². The third-order valence-electron chi connectivity index (χ3n) is 3.55. The summed E-state index contributed by atoms with van der Waals surface area (Å²) in [4.78, 5) is 13.0. The molecule has 25 heavy (non-hydrogen) atoms. The highest BCUT2D eigenvalue weighted by Gasteiger charge is 2.19. The van der Waals surface area contributed by atoms with Crippen molar-refractivity contribution in [3.05, 3.63) is 34.9 Å². The number of carbonyl (C=O) groups excluding carboxylic acids is 1. The summed E-state index contributed by atoms with van der Waals surface area (Å²) in [6.45, 7) is 6.53. The maximum Gasteiger partial charge on any atom is 0.275 e. The molecule has 1 amide bonds. The predicted octanol–water partition coefficient (Wildman–Crippen LogP) is 1.14. The van der Waals surface area contributed by atoms with Crippen molar-refractivity contribution in [1.82, 2.24) is 19.7 Å². The van der Waals surface area contributed by atoms with Gasteiger partial charge in [-0.15, -0.1) is 5.10 Å². The van der Waals surface area contributed by atoms with Gasteiger partial charge in [-0.25, -0.2) is 4.39 Å². The third kappa shape index (κ3) is 4.96. The number of quaternary nitrogens is 1. The van der Waals surface area contributed by atoms with E-state index in [1.807, 2.05) is 27.8 Å². The molecule has 0 aliphatic heterocycles. The van der Waals surface area contributed by atoms with Gasteiger partial charge in [0.1, 0.15) is 5.82 Å². The van der Waals surface area contributed by atoms with Crippen LogP contribution in [0.15, 0.2) is 24.3 Å². The molecule has 136 valence electrons. The zero-order chi connectivity index (χ0) is 18.8. The van der Waals surface area contributed by atoms with Crippen molar-refractivity contribution in [2.75, 3.05) is 13.6 Å². The smallest absolute Gasteiger partial charge is 0.275 e. The molecule has 0 saturated carbocycles. The molecule has 1 aromatic carbocycles. The van der Waals surface area contributed by atoms with Gasteiger partial charge < -0.3 is 14.8 Å². The van der Waals surface area contributed by atoms with E-state index in [9.17, 15) is 9.18 Å². The van der Waals surface area contributed by atoms with Crippen LogP contribution >= 0.6 is 12.2 Å². The Morgan fingerprint density at radius 2 is 2.00 bits per heavy atom. The number of nitrogens with one attached hydrogen (secondary N) is 2. The van der Waals surface area contributed by atoms with Crippen molar-refractivity contribution >= 4 is 18.1 Å². The van der Waals surface area contributed by atoms with Crippen LogP contribution in [0.1, 0.15) is 20.8 Å². The molecule has 1 aromatic heterocycles. The minimum absolute atomic E-state index is 0.0400. The van der Waals surface area contributed by atoms with E-state index in [-0.39, 0.29) is 17.3 Å². The summed E-state index contributed by atoms with van der Waals surface area (Å²) in [5.74, 6) is 0.0832. The number of hydrogen-bond donors (Lipinski definition) is 2. The second-order valence-electron chi connectivity index (χ2n) is 7.23. The summed E-state index contributed by atoms with van der Waals surface area (Å²) in [6.07, 6.45) is 0. The SMILES string of the molecule is Cn1c(-c2ccccc2F)nn(C[NH+](C)CC(=O)NC(C)(C)C)c1=S. The lowest BCUT2D eigenvalue weighted by Crippen LogP contribution is -3.09. The lowest BCUT2D eigenvalue weighted by molar-refractivity contribution is -0.895. The number of halogens is 1. The molecule has 0 spiro atoms. The van der Waals surface area contributed by atoms with Gasteiger partial charge in [-0.05, 0) is 45.1 Å². The monoisotopic (exact) mass is 366 g/mol. The molecule has 0 radical (unpaired) electrons. The topological polar surface area (TPSA) is 56.3 Å². The summed E-state index contributed by atoms with van der Waals surface area (Å²) in [5, 5.41) is 7.38. The zero-order valence-corrected chi connectivity index (χ0v) is 16.1. The van der Waals surface area contributed by atoms with Crippen LogP contribution < -0.4 is 10.2 Å². The lowest BCUT2D eigenvalue weighted by atomic mass is 10.1. The van der Waals surface area contributed by atoms with Crippen molar-refractivity contribution in [2.24, 2.45) is 7.05 Å². The van der Waals surface area contributed by atoms with Crippen LogP contribution in [0.25, 0.3) is 11.4 Å². The summed E-state index contributed by atoms with van der Waals surface area (Å²) >= 11 is 5.40. The highest BCUT2D eigenvalue weighted by molar-refractivity contribution is 7.71. The molecule has 1 heterocycles. The molecule has 1 unspecified atom stereocenters. The van der Waals surface area contributed by atoms with Crippen molar-refractivity contribution in [2.45, 2.75) is 33.0 Å². The first kappa shape index (κ1) is 19.3. The van der Waals surface area contributed by atoms with Crippen molar-refractivity contribution in [3.8, 4) is 11.4 Å². The number of rotatable bonds is 5. The largest absolute Gasteiger partial charge is 0.347 e. The molecule has 8 heteroatoms. The molecule has 2 aromatic rings. The Morgan fingerprint density at radius 1 is 1.36 bits per heavy atom. The van der Waals surface area contributed by atoms with Crippen LogP contribution in [0, 0.1) is 10.6 Å². The molecule has 2 N–H and O–H groups in total. The Kier molecular flexibility index (Phi) is 5.74. The zero-order valence-electron chi connectivity index (χ0n) is 15.3. The molecule has 2 rings (SSSR count). The Hall–Kier alpha value is -2.06. The van der Waals surface area contributed by atoms with Gasteiger partial charge in [0.05, 0.1) is 12.6 Å². The van der Waals surface area contributed by atoms with E-state index < -0.39 is 0 Å². The fourth-order valence-corrected chi connectivity index (χ4v) is 2.71. The fourth-order valence-electron chi connectivity index (χ4n) is 2.52. The van der Waals surface area contributed by atoms with E-state index >= 15 is 0 Å². The molecule has 6 nitrogen and oxygen atoms in total. The van der Waals surface area contributed by atoms with Crippen LogP contribution in [-0.4, -0.2) is 39.4 Å². The average Bonchev–Trinajstić information content (AvgIpc) is 2.74. The summed E-state index contributed by atoms with van der Waals surface area (Å²) in [7, 11) is 3.65. The number of hydrogen-bond acceptors (Lipinski definition) is 3. The Balaban J connectivity index is 2.16. The van der Waals surface area contributed by atoms with E-state index in [0.29, 0.717) is 29.4 Å². The second-order valence-corrected chi connectivity index (χ2v) is 7.60. The predicted molar refractivity (Wildman–Crippen MR) is 97.1 cm³/mol. The Labute approximate surface area is 152 Å². The van der Waals surface area contributed by atoms with Crippen LogP contribution in [0.2, 0.25) is 0 Å². The average molecular weight is 366 g/mol.